The number of nitrogens with one attached hydrogen (secondary N) is 1. The van der Waals surface area contributed by atoms with Crippen LogP contribution in [0.15, 0.2) is 24.3 Å². The summed E-state index contributed by atoms with van der Waals surface area (Å²) in [5.41, 5.74) is 2.21. The van der Waals surface area contributed by atoms with Crippen LogP contribution in [-0.2, 0) is 28.3 Å². The van der Waals surface area contributed by atoms with Gasteiger partial charge in [-0.1, -0.05) is 35.6 Å². The van der Waals surface area contributed by atoms with Crippen molar-refractivity contribution >= 4 is 22.4 Å². The zero-order valence-corrected chi connectivity index (χ0v) is 15.0. The molecule has 2 aliphatic rings. The largest absolute Gasteiger partial charge is 0.364 e. The van der Waals surface area contributed by atoms with Crippen LogP contribution in [0.25, 0.3) is 0 Å². The number of benzene rings is 1. The standard InChI is InChI=1S/C18H20FN3O2S/c1-11-7-18(14-6-4-3-5-13(14)9-24-18)10-22(11)8-15-16(19)21-17(25-15)20-12(2)23/h3-6,11H,7-10H2,1-2H3,(H,20,21,23)/t11-,18?/m0/s1. The molecule has 5 nitrogen and oxygen atoms in total. The van der Waals surface area contributed by atoms with Gasteiger partial charge < -0.3 is 10.1 Å². The highest BCUT2D eigenvalue weighted by Gasteiger charge is 2.48. The van der Waals surface area contributed by atoms with Gasteiger partial charge in [0.25, 0.3) is 0 Å². The number of likely N-dealkylation sites (tertiary alicyclic amines) is 1. The third-order valence-electron chi connectivity index (χ3n) is 5.00. The van der Waals surface area contributed by atoms with Crippen LogP contribution in [-0.4, -0.2) is 28.4 Å². The van der Waals surface area contributed by atoms with Crippen LogP contribution >= 0.6 is 11.3 Å². The first-order valence-corrected chi connectivity index (χ1v) is 9.18. The van der Waals surface area contributed by atoms with E-state index in [9.17, 15) is 9.18 Å². The Hall–Kier alpha value is -1.83. The second-order valence-corrected chi connectivity index (χ2v) is 7.90. The summed E-state index contributed by atoms with van der Waals surface area (Å²) in [6.45, 7) is 5.38. The lowest BCUT2D eigenvalue weighted by Crippen LogP contribution is -2.31. The van der Waals surface area contributed by atoms with Crippen molar-refractivity contribution in [2.24, 2.45) is 0 Å². The number of aromatic nitrogens is 1. The number of hydrogen-bond donors (Lipinski definition) is 1. The Kier molecular flexibility index (Phi) is 4.10. The van der Waals surface area contributed by atoms with Gasteiger partial charge >= 0.3 is 0 Å². The summed E-state index contributed by atoms with van der Waals surface area (Å²) >= 11 is 1.19. The minimum absolute atomic E-state index is 0.246. The molecular weight excluding hydrogens is 341 g/mol. The zero-order chi connectivity index (χ0) is 17.6. The van der Waals surface area contributed by atoms with E-state index < -0.39 is 5.95 Å². The third kappa shape index (κ3) is 2.96. The van der Waals surface area contributed by atoms with Crippen molar-refractivity contribution in [3.8, 4) is 0 Å². The molecule has 1 aromatic heterocycles. The van der Waals surface area contributed by atoms with E-state index in [0.29, 0.717) is 23.2 Å². The lowest BCUT2D eigenvalue weighted by atomic mass is 9.90. The lowest BCUT2D eigenvalue weighted by Gasteiger charge is -2.24. The Morgan fingerprint density at radius 3 is 3.12 bits per heavy atom. The molecule has 1 aromatic carbocycles. The molecule has 0 radical (unpaired) electrons. The van der Waals surface area contributed by atoms with Crippen LogP contribution in [0.1, 0.15) is 36.3 Å². The van der Waals surface area contributed by atoms with E-state index in [1.54, 1.807) is 0 Å². The molecule has 0 bridgehead atoms. The Balaban J connectivity index is 1.54. The van der Waals surface area contributed by atoms with Crippen molar-refractivity contribution in [1.82, 2.24) is 9.88 Å². The maximum Gasteiger partial charge on any atom is 0.230 e. The number of halogens is 1. The van der Waals surface area contributed by atoms with Crippen LogP contribution < -0.4 is 5.32 Å². The number of amides is 1. The molecule has 7 heteroatoms. The molecule has 0 aliphatic carbocycles. The van der Waals surface area contributed by atoms with Gasteiger partial charge in [0.2, 0.25) is 11.9 Å². The molecule has 1 fully saturated rings. The van der Waals surface area contributed by atoms with Crippen molar-refractivity contribution in [1.29, 1.82) is 0 Å². The monoisotopic (exact) mass is 361 g/mol. The number of ether oxygens (including phenoxy) is 1. The smallest absolute Gasteiger partial charge is 0.230 e. The topological polar surface area (TPSA) is 54.5 Å². The van der Waals surface area contributed by atoms with Crippen LogP contribution in [0.4, 0.5) is 9.52 Å². The van der Waals surface area contributed by atoms with E-state index >= 15 is 0 Å². The number of thiazole rings is 1. The van der Waals surface area contributed by atoms with Crippen molar-refractivity contribution < 1.29 is 13.9 Å². The minimum Gasteiger partial charge on any atom is -0.364 e. The van der Waals surface area contributed by atoms with Gasteiger partial charge in [0.1, 0.15) is 5.60 Å². The molecule has 1 spiro atoms. The Labute approximate surface area is 149 Å². The average molecular weight is 361 g/mol. The molecular formula is C18H20FN3O2S. The Morgan fingerprint density at radius 2 is 2.32 bits per heavy atom. The fourth-order valence-corrected chi connectivity index (χ4v) is 4.78. The molecule has 2 atom stereocenters. The lowest BCUT2D eigenvalue weighted by molar-refractivity contribution is -0.114. The van der Waals surface area contributed by atoms with E-state index in [4.69, 9.17) is 4.74 Å². The third-order valence-corrected chi connectivity index (χ3v) is 5.93. The normalized spacial score (nSPS) is 25.5. The summed E-state index contributed by atoms with van der Waals surface area (Å²) in [4.78, 5) is 17.7. The maximum absolute atomic E-state index is 14.1. The van der Waals surface area contributed by atoms with E-state index in [1.807, 2.05) is 12.1 Å². The molecule has 1 saturated heterocycles. The van der Waals surface area contributed by atoms with Crippen molar-refractivity contribution in [2.45, 2.75) is 45.1 Å². The summed E-state index contributed by atoms with van der Waals surface area (Å²) in [5, 5.41) is 2.86. The minimum atomic E-state index is -0.505. The SMILES string of the molecule is CC(=O)Nc1nc(F)c(CN2CC3(C[C@@H]2C)OCc2ccccc23)s1. The fourth-order valence-electron chi connectivity index (χ4n) is 3.87. The van der Waals surface area contributed by atoms with Crippen molar-refractivity contribution in [3.63, 3.8) is 0 Å². The first-order valence-electron chi connectivity index (χ1n) is 8.36. The van der Waals surface area contributed by atoms with Gasteiger partial charge in [0, 0.05) is 26.1 Å². The number of anilines is 1. The first kappa shape index (κ1) is 16.6. The van der Waals surface area contributed by atoms with E-state index in [0.717, 1.165) is 13.0 Å². The first-order chi connectivity index (χ1) is 12.0. The van der Waals surface area contributed by atoms with Gasteiger partial charge in [-0.3, -0.25) is 9.69 Å². The summed E-state index contributed by atoms with van der Waals surface area (Å²) < 4.78 is 20.3. The van der Waals surface area contributed by atoms with Crippen LogP contribution in [0.2, 0.25) is 0 Å². The number of carbonyl (C=O) groups excluding carboxylic acids is 1. The molecule has 1 amide bonds. The number of hydrogen-bond acceptors (Lipinski definition) is 5. The molecule has 25 heavy (non-hydrogen) atoms. The molecule has 132 valence electrons. The quantitative estimate of drug-likeness (QED) is 0.912. The van der Waals surface area contributed by atoms with Crippen LogP contribution in [0.3, 0.4) is 0 Å². The van der Waals surface area contributed by atoms with E-state index in [1.165, 1.54) is 29.4 Å². The van der Waals surface area contributed by atoms with Gasteiger partial charge in [0.05, 0.1) is 11.5 Å². The highest BCUT2D eigenvalue weighted by atomic mass is 32.1. The molecule has 3 heterocycles. The average Bonchev–Trinajstić information content (AvgIpc) is 3.18. The predicted octanol–water partition coefficient (Wildman–Crippen LogP) is 3.26. The highest BCUT2D eigenvalue weighted by molar-refractivity contribution is 7.15. The molecule has 2 aromatic rings. The van der Waals surface area contributed by atoms with Gasteiger partial charge in [-0.05, 0) is 24.5 Å². The number of fused-ring (bicyclic) bond motifs is 2. The maximum atomic E-state index is 14.1. The Bertz CT molecular complexity index is 824. The highest BCUT2D eigenvalue weighted by Crippen LogP contribution is 2.46. The van der Waals surface area contributed by atoms with Crippen molar-refractivity contribution in [3.05, 3.63) is 46.2 Å². The van der Waals surface area contributed by atoms with Crippen LogP contribution in [0, 0.1) is 5.95 Å². The summed E-state index contributed by atoms with van der Waals surface area (Å²) in [6.07, 6.45) is 0.892. The Morgan fingerprint density at radius 1 is 1.52 bits per heavy atom. The number of rotatable bonds is 3. The van der Waals surface area contributed by atoms with Crippen molar-refractivity contribution in [2.75, 3.05) is 11.9 Å². The zero-order valence-electron chi connectivity index (χ0n) is 14.2. The number of nitrogens with zero attached hydrogens (tertiary/aromatic N) is 2. The van der Waals surface area contributed by atoms with E-state index in [-0.39, 0.29) is 17.6 Å². The molecule has 1 unspecified atom stereocenters. The predicted molar refractivity (Wildman–Crippen MR) is 93.8 cm³/mol. The number of carbonyl (C=O) groups is 1. The van der Waals surface area contributed by atoms with Gasteiger partial charge in [-0.25, -0.2) is 0 Å². The molecule has 1 N–H and O–H groups in total. The second-order valence-electron chi connectivity index (χ2n) is 6.81. The van der Waals surface area contributed by atoms with E-state index in [2.05, 4.69) is 34.3 Å². The molecule has 0 saturated carbocycles. The van der Waals surface area contributed by atoms with Gasteiger partial charge in [0.15, 0.2) is 5.13 Å². The molecule has 2 aliphatic heterocycles. The summed E-state index contributed by atoms with van der Waals surface area (Å²) in [5.74, 6) is -0.751. The van der Waals surface area contributed by atoms with Gasteiger partial charge in [-0.2, -0.15) is 9.37 Å². The van der Waals surface area contributed by atoms with Crippen LogP contribution in [0.5, 0.6) is 0 Å². The summed E-state index contributed by atoms with van der Waals surface area (Å²) in [7, 11) is 0. The summed E-state index contributed by atoms with van der Waals surface area (Å²) in [6, 6.07) is 8.61. The fraction of sp³-hybridized carbons (Fsp3) is 0.444. The molecule has 4 rings (SSSR count). The second kappa shape index (κ2) is 6.16. The van der Waals surface area contributed by atoms with Gasteiger partial charge in [-0.15, -0.1) is 0 Å².